The molecule has 0 saturated carbocycles. The van der Waals surface area contributed by atoms with Crippen LogP contribution >= 0.6 is 0 Å². The quantitative estimate of drug-likeness (QED) is 0.709. The van der Waals surface area contributed by atoms with Gasteiger partial charge in [-0.15, -0.1) is 0 Å². The van der Waals surface area contributed by atoms with E-state index in [0.717, 1.165) is 11.1 Å². The molecule has 74 valence electrons. The molecule has 1 N–H and O–H groups in total. The van der Waals surface area contributed by atoms with E-state index >= 15 is 0 Å². The van der Waals surface area contributed by atoms with Gasteiger partial charge < -0.3 is 5.32 Å². The number of nitrogens with one attached hydrogen (secondary N) is 1. The highest BCUT2D eigenvalue weighted by atomic mass is 16.1. The number of carbonyl (C=O) groups is 1. The second-order valence-corrected chi connectivity index (χ2v) is 3.26. The van der Waals surface area contributed by atoms with Crippen LogP contribution in [-0.2, 0) is 4.79 Å². The minimum absolute atomic E-state index is 0.0641. The Morgan fingerprint density at radius 3 is 2.57 bits per heavy atom. The average molecular weight is 189 g/mol. The van der Waals surface area contributed by atoms with Crippen molar-refractivity contribution in [1.29, 1.82) is 0 Å². The third kappa shape index (κ3) is 2.46. The normalized spacial score (nSPS) is 11.2. The van der Waals surface area contributed by atoms with Gasteiger partial charge in [0.05, 0.1) is 0 Å². The fourth-order valence-electron chi connectivity index (χ4n) is 1.36. The molecule has 2 nitrogen and oxygen atoms in total. The Balaban J connectivity index is 3.00. The lowest BCUT2D eigenvalue weighted by molar-refractivity contribution is -0.116. The van der Waals surface area contributed by atoms with E-state index in [1.54, 1.807) is 13.1 Å². The zero-order chi connectivity index (χ0) is 10.6. The number of benzene rings is 1. The molecule has 0 unspecified atom stereocenters. The number of aryl methyl sites for hydroxylation is 1. The van der Waals surface area contributed by atoms with Gasteiger partial charge in [-0.1, -0.05) is 24.3 Å². The van der Waals surface area contributed by atoms with Gasteiger partial charge in [-0.2, -0.15) is 0 Å². The minimum Gasteiger partial charge on any atom is -0.356 e. The van der Waals surface area contributed by atoms with E-state index < -0.39 is 0 Å². The number of hydrogen-bond acceptors (Lipinski definition) is 1. The first-order valence-corrected chi connectivity index (χ1v) is 4.61. The lowest BCUT2D eigenvalue weighted by Crippen LogP contribution is -2.14. The number of rotatable bonds is 2. The molecule has 0 bridgehead atoms. The Bertz CT molecular complexity index is 366. The fourth-order valence-corrected chi connectivity index (χ4v) is 1.36. The highest BCUT2D eigenvalue weighted by Gasteiger charge is 2.00. The van der Waals surface area contributed by atoms with E-state index in [9.17, 15) is 4.79 Å². The first-order valence-electron chi connectivity index (χ1n) is 4.61. The second-order valence-electron chi connectivity index (χ2n) is 3.26. The van der Waals surface area contributed by atoms with Crippen LogP contribution in [0.4, 0.5) is 0 Å². The standard InChI is InChI=1S/C12H15NO/c1-9-6-4-5-7-11(9)10(2)8-12(14)13-3/h4-8H,1-3H3,(H,13,14)/b10-8-. The summed E-state index contributed by atoms with van der Waals surface area (Å²) >= 11 is 0. The van der Waals surface area contributed by atoms with Crippen LogP contribution in [0, 0.1) is 6.92 Å². The van der Waals surface area contributed by atoms with Gasteiger partial charge in [-0.3, -0.25) is 4.79 Å². The Morgan fingerprint density at radius 2 is 2.00 bits per heavy atom. The number of allylic oxidation sites excluding steroid dienone is 1. The molecule has 1 aromatic rings. The molecular weight excluding hydrogens is 174 g/mol. The van der Waals surface area contributed by atoms with E-state index in [1.807, 2.05) is 38.1 Å². The van der Waals surface area contributed by atoms with Gasteiger partial charge >= 0.3 is 0 Å². The summed E-state index contributed by atoms with van der Waals surface area (Å²) in [6.07, 6.45) is 1.61. The van der Waals surface area contributed by atoms with Gasteiger partial charge in [0, 0.05) is 13.1 Å². The van der Waals surface area contributed by atoms with Crippen LogP contribution in [0.5, 0.6) is 0 Å². The second kappa shape index (κ2) is 4.61. The van der Waals surface area contributed by atoms with Crippen molar-refractivity contribution in [2.24, 2.45) is 0 Å². The third-order valence-corrected chi connectivity index (χ3v) is 2.16. The van der Waals surface area contributed by atoms with Crippen LogP contribution in [-0.4, -0.2) is 13.0 Å². The zero-order valence-corrected chi connectivity index (χ0v) is 8.79. The summed E-state index contributed by atoms with van der Waals surface area (Å²) in [6.45, 7) is 3.98. The molecule has 0 fully saturated rings. The minimum atomic E-state index is -0.0641. The maximum atomic E-state index is 11.1. The number of hydrogen-bond donors (Lipinski definition) is 1. The average Bonchev–Trinajstić information content (AvgIpc) is 2.18. The molecular formula is C12H15NO. The fraction of sp³-hybridized carbons (Fsp3) is 0.250. The SMILES string of the molecule is CNC(=O)/C=C(/C)c1ccccc1C. The molecule has 0 heterocycles. The molecule has 0 radical (unpaired) electrons. The summed E-state index contributed by atoms with van der Waals surface area (Å²) in [5, 5.41) is 2.57. The van der Waals surface area contributed by atoms with Crippen molar-refractivity contribution in [2.45, 2.75) is 13.8 Å². The summed E-state index contributed by atoms with van der Waals surface area (Å²) < 4.78 is 0. The van der Waals surface area contributed by atoms with Crippen molar-refractivity contribution in [3.63, 3.8) is 0 Å². The Hall–Kier alpha value is -1.57. The van der Waals surface area contributed by atoms with E-state index in [0.29, 0.717) is 0 Å². The molecule has 0 aromatic heterocycles. The van der Waals surface area contributed by atoms with Crippen LogP contribution in [0.1, 0.15) is 18.1 Å². The lowest BCUT2D eigenvalue weighted by atomic mass is 10.0. The van der Waals surface area contributed by atoms with Crippen molar-refractivity contribution in [2.75, 3.05) is 7.05 Å². The third-order valence-electron chi connectivity index (χ3n) is 2.16. The maximum absolute atomic E-state index is 11.1. The molecule has 0 aliphatic heterocycles. The summed E-state index contributed by atoms with van der Waals surface area (Å²) in [5.74, 6) is -0.0641. The molecule has 0 aliphatic carbocycles. The lowest BCUT2D eigenvalue weighted by Gasteiger charge is -2.04. The predicted octanol–water partition coefficient (Wildman–Crippen LogP) is 2.14. The summed E-state index contributed by atoms with van der Waals surface area (Å²) in [7, 11) is 1.63. The highest BCUT2D eigenvalue weighted by Crippen LogP contribution is 2.17. The summed E-state index contributed by atoms with van der Waals surface area (Å²) in [5.41, 5.74) is 3.30. The van der Waals surface area contributed by atoms with Crippen LogP contribution in [0.3, 0.4) is 0 Å². The van der Waals surface area contributed by atoms with E-state index in [1.165, 1.54) is 5.56 Å². The first kappa shape index (κ1) is 10.5. The Labute approximate surface area is 84.6 Å². The molecule has 1 aromatic carbocycles. The number of amides is 1. The topological polar surface area (TPSA) is 29.1 Å². The van der Waals surface area contributed by atoms with Crippen molar-refractivity contribution in [3.05, 3.63) is 41.5 Å². The number of likely N-dealkylation sites (N-methyl/N-ethyl adjacent to an activating group) is 1. The van der Waals surface area contributed by atoms with Crippen molar-refractivity contribution < 1.29 is 4.79 Å². The molecule has 1 amide bonds. The smallest absolute Gasteiger partial charge is 0.244 e. The van der Waals surface area contributed by atoms with Crippen LogP contribution in [0.25, 0.3) is 5.57 Å². The van der Waals surface area contributed by atoms with Gasteiger partial charge in [0.25, 0.3) is 0 Å². The Morgan fingerprint density at radius 1 is 1.36 bits per heavy atom. The van der Waals surface area contributed by atoms with Gasteiger partial charge in [-0.25, -0.2) is 0 Å². The molecule has 14 heavy (non-hydrogen) atoms. The first-order chi connectivity index (χ1) is 6.65. The monoisotopic (exact) mass is 189 g/mol. The highest BCUT2D eigenvalue weighted by molar-refractivity contribution is 5.94. The predicted molar refractivity (Wildman–Crippen MR) is 58.9 cm³/mol. The summed E-state index contributed by atoms with van der Waals surface area (Å²) in [6, 6.07) is 8.02. The van der Waals surface area contributed by atoms with Gasteiger partial charge in [-0.05, 0) is 30.5 Å². The van der Waals surface area contributed by atoms with Crippen LogP contribution in [0.15, 0.2) is 30.3 Å². The van der Waals surface area contributed by atoms with E-state index in [2.05, 4.69) is 5.32 Å². The van der Waals surface area contributed by atoms with Crippen molar-refractivity contribution in [3.8, 4) is 0 Å². The van der Waals surface area contributed by atoms with E-state index in [4.69, 9.17) is 0 Å². The molecule has 2 heteroatoms. The maximum Gasteiger partial charge on any atom is 0.244 e. The molecule has 0 saturated heterocycles. The van der Waals surface area contributed by atoms with Gasteiger partial charge in [0.15, 0.2) is 0 Å². The zero-order valence-electron chi connectivity index (χ0n) is 8.79. The molecule has 0 spiro atoms. The van der Waals surface area contributed by atoms with Crippen LogP contribution < -0.4 is 5.32 Å². The van der Waals surface area contributed by atoms with Gasteiger partial charge in [0.2, 0.25) is 5.91 Å². The van der Waals surface area contributed by atoms with Crippen LogP contribution in [0.2, 0.25) is 0 Å². The molecule has 1 rings (SSSR count). The van der Waals surface area contributed by atoms with Crippen molar-refractivity contribution in [1.82, 2.24) is 5.32 Å². The van der Waals surface area contributed by atoms with Gasteiger partial charge in [0.1, 0.15) is 0 Å². The van der Waals surface area contributed by atoms with E-state index in [-0.39, 0.29) is 5.91 Å². The summed E-state index contributed by atoms with van der Waals surface area (Å²) in [4.78, 5) is 11.1. The number of carbonyl (C=O) groups excluding carboxylic acids is 1. The van der Waals surface area contributed by atoms with Crippen molar-refractivity contribution >= 4 is 11.5 Å². The molecule has 0 atom stereocenters. The largest absolute Gasteiger partial charge is 0.356 e. The Kier molecular flexibility index (Phi) is 3.46. The molecule has 0 aliphatic rings.